The smallest absolute Gasteiger partial charge is 0.309 e. The average Bonchev–Trinajstić information content (AvgIpc) is 3.03. The lowest BCUT2D eigenvalue weighted by atomic mass is 10.1. The van der Waals surface area contributed by atoms with Crippen molar-refractivity contribution in [1.29, 1.82) is 0 Å². The van der Waals surface area contributed by atoms with Gasteiger partial charge in [0.25, 0.3) is 5.91 Å². The number of ether oxygens (including phenoxy) is 2. The first-order chi connectivity index (χ1) is 12.7. The SMILES string of the molecule is COC(=O)Cc1cccc(N2COc3cc(C(=O)N4CCC4)ccc32)c1. The van der Waals surface area contributed by atoms with E-state index < -0.39 is 0 Å². The van der Waals surface area contributed by atoms with E-state index in [4.69, 9.17) is 9.47 Å². The zero-order chi connectivity index (χ0) is 18.1. The number of rotatable bonds is 4. The van der Waals surface area contributed by atoms with Crippen LogP contribution in [0.15, 0.2) is 42.5 Å². The van der Waals surface area contributed by atoms with Crippen LogP contribution in [0.25, 0.3) is 0 Å². The van der Waals surface area contributed by atoms with Crippen molar-refractivity contribution in [3.63, 3.8) is 0 Å². The van der Waals surface area contributed by atoms with Crippen LogP contribution in [0.2, 0.25) is 0 Å². The second-order valence-electron chi connectivity index (χ2n) is 6.45. The lowest BCUT2D eigenvalue weighted by molar-refractivity contribution is -0.139. The minimum atomic E-state index is -0.269. The van der Waals surface area contributed by atoms with E-state index >= 15 is 0 Å². The van der Waals surface area contributed by atoms with Crippen molar-refractivity contribution in [2.75, 3.05) is 31.8 Å². The number of carbonyl (C=O) groups is 2. The molecule has 2 aliphatic rings. The predicted molar refractivity (Wildman–Crippen MR) is 96.8 cm³/mol. The van der Waals surface area contributed by atoms with Gasteiger partial charge in [0.15, 0.2) is 6.73 Å². The molecule has 2 aliphatic heterocycles. The Labute approximate surface area is 151 Å². The van der Waals surface area contributed by atoms with E-state index in [0.717, 1.165) is 36.4 Å². The van der Waals surface area contributed by atoms with Crippen molar-refractivity contribution >= 4 is 23.3 Å². The Morgan fingerprint density at radius 1 is 1.15 bits per heavy atom. The van der Waals surface area contributed by atoms with Crippen LogP contribution in [-0.4, -0.2) is 43.7 Å². The molecular formula is C20H20N2O4. The molecule has 2 aromatic rings. The monoisotopic (exact) mass is 352 g/mol. The predicted octanol–water partition coefficient (Wildman–Crippen LogP) is 2.74. The number of amides is 1. The zero-order valence-corrected chi connectivity index (χ0v) is 14.6. The molecule has 1 amide bonds. The van der Waals surface area contributed by atoms with Crippen LogP contribution in [0, 0.1) is 0 Å². The Kier molecular flexibility index (Phi) is 4.24. The van der Waals surface area contributed by atoms with Crippen LogP contribution in [0.4, 0.5) is 11.4 Å². The van der Waals surface area contributed by atoms with Gasteiger partial charge in [0.2, 0.25) is 0 Å². The number of carbonyl (C=O) groups excluding carboxylic acids is 2. The maximum atomic E-state index is 12.4. The molecule has 0 saturated carbocycles. The standard InChI is InChI=1S/C20H20N2O4/c1-25-19(23)11-14-4-2-5-16(10-14)22-13-26-18-12-15(6-7-17(18)22)20(24)21-8-3-9-21/h2,4-7,10,12H,3,8-9,11,13H2,1H3. The number of nitrogens with zero attached hydrogens (tertiary/aromatic N) is 2. The highest BCUT2D eigenvalue weighted by molar-refractivity contribution is 5.96. The van der Waals surface area contributed by atoms with E-state index in [1.165, 1.54) is 7.11 Å². The van der Waals surface area contributed by atoms with Crippen molar-refractivity contribution < 1.29 is 19.1 Å². The molecule has 4 rings (SSSR count). The number of hydrogen-bond acceptors (Lipinski definition) is 5. The molecule has 0 aromatic heterocycles. The minimum absolute atomic E-state index is 0.0566. The van der Waals surface area contributed by atoms with Gasteiger partial charge in [0, 0.05) is 24.3 Å². The number of benzene rings is 2. The summed E-state index contributed by atoms with van der Waals surface area (Å²) in [6.07, 6.45) is 1.30. The zero-order valence-electron chi connectivity index (χ0n) is 14.6. The molecule has 1 saturated heterocycles. The second kappa shape index (κ2) is 6.71. The van der Waals surface area contributed by atoms with Gasteiger partial charge in [-0.3, -0.25) is 9.59 Å². The maximum Gasteiger partial charge on any atom is 0.309 e. The van der Waals surface area contributed by atoms with Gasteiger partial charge in [-0.05, 0) is 42.3 Å². The van der Waals surface area contributed by atoms with Gasteiger partial charge in [-0.1, -0.05) is 12.1 Å². The molecule has 0 radical (unpaired) electrons. The molecule has 0 bridgehead atoms. The molecule has 0 spiro atoms. The quantitative estimate of drug-likeness (QED) is 0.792. The van der Waals surface area contributed by atoms with E-state index in [0.29, 0.717) is 18.0 Å². The summed E-state index contributed by atoms with van der Waals surface area (Å²) in [5, 5.41) is 0. The highest BCUT2D eigenvalue weighted by atomic mass is 16.5. The summed E-state index contributed by atoms with van der Waals surface area (Å²) in [5.74, 6) is 0.491. The molecule has 0 atom stereocenters. The van der Waals surface area contributed by atoms with E-state index in [1.807, 2.05) is 52.3 Å². The van der Waals surface area contributed by atoms with Crippen molar-refractivity contribution in [2.24, 2.45) is 0 Å². The Bertz CT molecular complexity index is 861. The van der Waals surface area contributed by atoms with Crippen LogP contribution < -0.4 is 9.64 Å². The van der Waals surface area contributed by atoms with Crippen LogP contribution >= 0.6 is 0 Å². The third-order valence-corrected chi connectivity index (χ3v) is 4.79. The summed E-state index contributed by atoms with van der Waals surface area (Å²) in [6.45, 7) is 2.03. The Balaban J connectivity index is 1.57. The third-order valence-electron chi connectivity index (χ3n) is 4.79. The first kappa shape index (κ1) is 16.4. The normalized spacial score (nSPS) is 15.1. The molecule has 0 aliphatic carbocycles. The highest BCUT2D eigenvalue weighted by Crippen LogP contribution is 2.39. The number of methoxy groups -OCH3 is 1. The van der Waals surface area contributed by atoms with Crippen LogP contribution in [0.5, 0.6) is 5.75 Å². The fourth-order valence-electron chi connectivity index (χ4n) is 3.18. The number of anilines is 2. The van der Waals surface area contributed by atoms with Gasteiger partial charge >= 0.3 is 5.97 Å². The molecule has 6 nitrogen and oxygen atoms in total. The Hall–Kier alpha value is -3.02. The van der Waals surface area contributed by atoms with Crippen LogP contribution in [0.3, 0.4) is 0 Å². The van der Waals surface area contributed by atoms with Crippen molar-refractivity contribution in [3.05, 3.63) is 53.6 Å². The Morgan fingerprint density at radius 3 is 2.73 bits per heavy atom. The third kappa shape index (κ3) is 2.98. The van der Waals surface area contributed by atoms with E-state index in [1.54, 1.807) is 0 Å². The number of fused-ring (bicyclic) bond motifs is 1. The summed E-state index contributed by atoms with van der Waals surface area (Å²) in [5.41, 5.74) is 3.39. The molecule has 0 unspecified atom stereocenters. The summed E-state index contributed by atoms with van der Waals surface area (Å²) >= 11 is 0. The lowest BCUT2D eigenvalue weighted by Gasteiger charge is -2.31. The highest BCUT2D eigenvalue weighted by Gasteiger charge is 2.26. The van der Waals surface area contributed by atoms with Gasteiger partial charge in [0.1, 0.15) is 5.75 Å². The summed E-state index contributed by atoms with van der Waals surface area (Å²) < 4.78 is 10.5. The fourth-order valence-corrected chi connectivity index (χ4v) is 3.18. The number of hydrogen-bond donors (Lipinski definition) is 0. The van der Waals surface area contributed by atoms with Gasteiger partial charge < -0.3 is 19.3 Å². The second-order valence-corrected chi connectivity index (χ2v) is 6.45. The first-order valence-electron chi connectivity index (χ1n) is 8.65. The van der Waals surface area contributed by atoms with Crippen molar-refractivity contribution in [3.8, 4) is 5.75 Å². The van der Waals surface area contributed by atoms with Crippen molar-refractivity contribution in [2.45, 2.75) is 12.8 Å². The molecule has 2 heterocycles. The van der Waals surface area contributed by atoms with Crippen molar-refractivity contribution in [1.82, 2.24) is 4.90 Å². The van der Waals surface area contributed by atoms with E-state index in [9.17, 15) is 9.59 Å². The lowest BCUT2D eigenvalue weighted by Crippen LogP contribution is -2.41. The van der Waals surface area contributed by atoms with E-state index in [-0.39, 0.29) is 18.3 Å². The maximum absolute atomic E-state index is 12.4. The summed E-state index contributed by atoms with van der Waals surface area (Å²) in [7, 11) is 1.38. The molecule has 1 fully saturated rings. The number of esters is 1. The van der Waals surface area contributed by atoms with Gasteiger partial charge in [-0.15, -0.1) is 0 Å². The van der Waals surface area contributed by atoms with Gasteiger partial charge in [-0.2, -0.15) is 0 Å². The van der Waals surface area contributed by atoms with Crippen LogP contribution in [-0.2, 0) is 16.0 Å². The average molecular weight is 352 g/mol. The molecular weight excluding hydrogens is 332 g/mol. The van der Waals surface area contributed by atoms with Gasteiger partial charge in [-0.25, -0.2) is 0 Å². The van der Waals surface area contributed by atoms with Gasteiger partial charge in [0.05, 0.1) is 19.2 Å². The molecule has 2 aromatic carbocycles. The summed E-state index contributed by atoms with van der Waals surface area (Å²) in [4.78, 5) is 27.7. The Morgan fingerprint density at radius 2 is 2.00 bits per heavy atom. The first-order valence-corrected chi connectivity index (χ1v) is 8.65. The minimum Gasteiger partial charge on any atom is -0.471 e. The molecule has 134 valence electrons. The number of likely N-dealkylation sites (tertiary alicyclic amines) is 1. The van der Waals surface area contributed by atoms with Crippen LogP contribution in [0.1, 0.15) is 22.3 Å². The molecule has 0 N–H and O–H groups in total. The summed E-state index contributed by atoms with van der Waals surface area (Å²) in [6, 6.07) is 13.3. The fraction of sp³-hybridized carbons (Fsp3) is 0.300. The molecule has 6 heteroatoms. The largest absolute Gasteiger partial charge is 0.471 e. The van der Waals surface area contributed by atoms with E-state index in [2.05, 4.69) is 0 Å². The topological polar surface area (TPSA) is 59.1 Å². The molecule has 26 heavy (non-hydrogen) atoms.